The number of rotatable bonds is 6. The summed E-state index contributed by atoms with van der Waals surface area (Å²) in [6.07, 6.45) is 3.25. The monoisotopic (exact) mass is 389 g/mol. The third-order valence-electron chi connectivity index (χ3n) is 3.72. The maximum atomic E-state index is 12.2. The Bertz CT molecular complexity index is 908. The number of aryl methyl sites for hydroxylation is 1. The summed E-state index contributed by atoms with van der Waals surface area (Å²) in [5.41, 5.74) is 2.53. The number of halogens is 2. The topological polar surface area (TPSA) is 71.8 Å². The van der Waals surface area contributed by atoms with Gasteiger partial charge in [0.1, 0.15) is 5.82 Å². The van der Waals surface area contributed by atoms with Crippen molar-refractivity contribution in [2.24, 2.45) is 0 Å². The molecule has 8 heteroatoms. The summed E-state index contributed by atoms with van der Waals surface area (Å²) in [7, 11) is 0. The van der Waals surface area contributed by atoms with Crippen LogP contribution in [-0.2, 0) is 0 Å². The maximum absolute atomic E-state index is 12.2. The Morgan fingerprint density at radius 1 is 1.15 bits per heavy atom. The summed E-state index contributed by atoms with van der Waals surface area (Å²) in [4.78, 5) is 16.3. The molecule has 134 valence electrons. The number of carbonyl (C=O) groups excluding carboxylic acids is 1. The van der Waals surface area contributed by atoms with Gasteiger partial charge in [-0.25, -0.2) is 9.67 Å². The lowest BCUT2D eigenvalue weighted by molar-refractivity contribution is 0.0955. The first kappa shape index (κ1) is 18.2. The fourth-order valence-electron chi connectivity index (χ4n) is 2.40. The van der Waals surface area contributed by atoms with Gasteiger partial charge in [0, 0.05) is 36.7 Å². The van der Waals surface area contributed by atoms with E-state index < -0.39 is 0 Å². The lowest BCUT2D eigenvalue weighted by Crippen LogP contribution is -2.28. The molecule has 0 spiro atoms. The maximum Gasteiger partial charge on any atom is 0.251 e. The van der Waals surface area contributed by atoms with Crippen molar-refractivity contribution in [1.29, 1.82) is 0 Å². The molecular formula is C18H17Cl2N5O. The molecule has 26 heavy (non-hydrogen) atoms. The van der Waals surface area contributed by atoms with Gasteiger partial charge in [0.05, 0.1) is 15.7 Å². The van der Waals surface area contributed by atoms with Crippen molar-refractivity contribution in [1.82, 2.24) is 20.1 Å². The van der Waals surface area contributed by atoms with Crippen molar-refractivity contribution in [3.05, 3.63) is 70.1 Å². The molecule has 0 aliphatic rings. The highest BCUT2D eigenvalue weighted by Gasteiger charge is 2.07. The summed E-state index contributed by atoms with van der Waals surface area (Å²) in [5, 5.41) is 11.1. The van der Waals surface area contributed by atoms with Crippen LogP contribution in [0.3, 0.4) is 0 Å². The number of nitrogens with zero attached hydrogens (tertiary/aromatic N) is 3. The molecule has 1 aromatic carbocycles. The van der Waals surface area contributed by atoms with Gasteiger partial charge in [0.2, 0.25) is 0 Å². The van der Waals surface area contributed by atoms with Gasteiger partial charge in [-0.2, -0.15) is 5.10 Å². The Balaban J connectivity index is 1.51. The molecule has 3 aromatic rings. The molecule has 2 heterocycles. The Morgan fingerprint density at radius 2 is 1.92 bits per heavy atom. The van der Waals surface area contributed by atoms with Crippen molar-refractivity contribution in [2.75, 3.05) is 18.4 Å². The van der Waals surface area contributed by atoms with Crippen molar-refractivity contribution >= 4 is 34.9 Å². The first-order valence-corrected chi connectivity index (χ1v) is 8.74. The van der Waals surface area contributed by atoms with Gasteiger partial charge in [-0.1, -0.05) is 23.2 Å². The second-order valence-electron chi connectivity index (χ2n) is 5.60. The first-order valence-electron chi connectivity index (χ1n) is 7.99. The molecule has 0 aliphatic carbocycles. The highest BCUT2D eigenvalue weighted by Crippen LogP contribution is 2.22. The second kappa shape index (κ2) is 8.21. The van der Waals surface area contributed by atoms with Gasteiger partial charge in [0.15, 0.2) is 0 Å². The van der Waals surface area contributed by atoms with E-state index in [2.05, 4.69) is 20.7 Å². The second-order valence-corrected chi connectivity index (χ2v) is 6.44. The number of hydrogen-bond donors (Lipinski definition) is 2. The van der Waals surface area contributed by atoms with E-state index >= 15 is 0 Å². The lowest BCUT2D eigenvalue weighted by atomic mass is 10.2. The lowest BCUT2D eigenvalue weighted by Gasteiger charge is -2.09. The molecule has 0 unspecified atom stereocenters. The fraction of sp³-hybridized carbons (Fsp3) is 0.167. The van der Waals surface area contributed by atoms with Gasteiger partial charge in [0.25, 0.3) is 5.91 Å². The molecule has 3 rings (SSSR count). The zero-order valence-electron chi connectivity index (χ0n) is 14.0. The molecule has 2 N–H and O–H groups in total. The van der Waals surface area contributed by atoms with Gasteiger partial charge in [-0.3, -0.25) is 4.79 Å². The minimum Gasteiger partial charge on any atom is -0.367 e. The van der Waals surface area contributed by atoms with E-state index in [1.54, 1.807) is 24.4 Å². The van der Waals surface area contributed by atoms with Gasteiger partial charge >= 0.3 is 0 Å². The Labute approximate surface area is 161 Å². The van der Waals surface area contributed by atoms with Crippen LogP contribution in [0.15, 0.2) is 48.8 Å². The molecule has 0 radical (unpaired) electrons. The number of hydrogen-bond acceptors (Lipinski definition) is 4. The van der Waals surface area contributed by atoms with E-state index in [0.29, 0.717) is 34.5 Å². The van der Waals surface area contributed by atoms with Crippen LogP contribution in [0.2, 0.25) is 10.0 Å². The standard InChI is InChI=1S/C18H17Cl2N5O/c1-12-6-7-24-25(12)15-4-2-13(3-5-15)18(26)22-9-8-21-17-16(20)10-14(19)11-23-17/h2-7,10-11H,8-9H2,1H3,(H,21,23)(H,22,26). The largest absolute Gasteiger partial charge is 0.367 e. The Morgan fingerprint density at radius 3 is 2.58 bits per heavy atom. The average molecular weight is 390 g/mol. The van der Waals surface area contributed by atoms with Crippen LogP contribution in [0.1, 0.15) is 16.1 Å². The first-order chi connectivity index (χ1) is 12.5. The predicted molar refractivity (Wildman–Crippen MR) is 103 cm³/mol. The Kier molecular flexibility index (Phi) is 5.75. The normalized spacial score (nSPS) is 10.6. The molecule has 0 aliphatic heterocycles. The molecule has 0 saturated heterocycles. The Hall–Kier alpha value is -2.57. The SMILES string of the molecule is Cc1ccnn1-c1ccc(C(=O)NCCNc2ncc(Cl)cc2Cl)cc1. The van der Waals surface area contributed by atoms with Gasteiger partial charge < -0.3 is 10.6 Å². The summed E-state index contributed by atoms with van der Waals surface area (Å²) in [5.74, 6) is 0.384. The van der Waals surface area contributed by atoms with E-state index in [0.717, 1.165) is 11.4 Å². The van der Waals surface area contributed by atoms with Gasteiger partial charge in [-0.15, -0.1) is 0 Å². The fourth-order valence-corrected chi connectivity index (χ4v) is 2.84. The van der Waals surface area contributed by atoms with Crippen LogP contribution in [0.25, 0.3) is 5.69 Å². The molecule has 6 nitrogen and oxygen atoms in total. The molecule has 2 aromatic heterocycles. The van der Waals surface area contributed by atoms with Crippen LogP contribution in [0, 0.1) is 6.92 Å². The molecule has 0 atom stereocenters. The molecule has 0 fully saturated rings. The van der Waals surface area contributed by atoms with Crippen LogP contribution in [-0.4, -0.2) is 33.8 Å². The summed E-state index contributed by atoms with van der Waals surface area (Å²) in [6.45, 7) is 2.90. The number of nitrogens with one attached hydrogen (secondary N) is 2. The molecule has 0 bridgehead atoms. The number of aromatic nitrogens is 3. The van der Waals surface area contributed by atoms with Crippen molar-refractivity contribution in [3.63, 3.8) is 0 Å². The van der Waals surface area contributed by atoms with Crippen molar-refractivity contribution in [3.8, 4) is 5.69 Å². The smallest absolute Gasteiger partial charge is 0.251 e. The number of carbonyl (C=O) groups is 1. The van der Waals surface area contributed by atoms with Gasteiger partial charge in [-0.05, 0) is 43.3 Å². The average Bonchev–Trinajstić information content (AvgIpc) is 3.06. The van der Waals surface area contributed by atoms with Crippen LogP contribution in [0.4, 0.5) is 5.82 Å². The number of benzene rings is 1. The number of pyridine rings is 1. The summed E-state index contributed by atoms with van der Waals surface area (Å²) >= 11 is 11.8. The minimum atomic E-state index is -0.148. The summed E-state index contributed by atoms with van der Waals surface area (Å²) < 4.78 is 1.81. The van der Waals surface area contributed by atoms with E-state index in [4.69, 9.17) is 23.2 Å². The quantitative estimate of drug-likeness (QED) is 0.630. The summed E-state index contributed by atoms with van der Waals surface area (Å²) in [6, 6.07) is 10.8. The van der Waals surface area contributed by atoms with E-state index in [1.807, 2.05) is 29.8 Å². The number of amides is 1. The van der Waals surface area contributed by atoms with E-state index in [-0.39, 0.29) is 5.91 Å². The van der Waals surface area contributed by atoms with Crippen LogP contribution < -0.4 is 10.6 Å². The zero-order valence-corrected chi connectivity index (χ0v) is 15.6. The minimum absolute atomic E-state index is 0.148. The third kappa shape index (κ3) is 4.33. The highest BCUT2D eigenvalue weighted by molar-refractivity contribution is 6.35. The predicted octanol–water partition coefficient (Wildman–Crippen LogP) is 3.72. The molecular weight excluding hydrogens is 373 g/mol. The van der Waals surface area contributed by atoms with E-state index in [9.17, 15) is 4.79 Å². The molecule has 1 amide bonds. The number of anilines is 1. The molecule has 0 saturated carbocycles. The van der Waals surface area contributed by atoms with Crippen LogP contribution >= 0.6 is 23.2 Å². The third-order valence-corrected chi connectivity index (χ3v) is 4.21. The highest BCUT2D eigenvalue weighted by atomic mass is 35.5. The van der Waals surface area contributed by atoms with Crippen molar-refractivity contribution in [2.45, 2.75) is 6.92 Å². The van der Waals surface area contributed by atoms with E-state index in [1.165, 1.54) is 6.20 Å². The van der Waals surface area contributed by atoms with Crippen molar-refractivity contribution < 1.29 is 4.79 Å². The zero-order chi connectivity index (χ0) is 18.5. The van der Waals surface area contributed by atoms with Crippen LogP contribution in [0.5, 0.6) is 0 Å².